The maximum Gasteiger partial charge on any atom is 0.308 e. The second-order valence-electron chi connectivity index (χ2n) is 4.54. The average molecular weight is 391 g/mol. The van der Waals surface area contributed by atoms with Crippen LogP contribution in [0.25, 0.3) is 0 Å². The number of methoxy groups -OCH3 is 1. The Labute approximate surface area is 157 Å². The smallest absolute Gasteiger partial charge is 0.308 e. The minimum Gasteiger partial charge on any atom is -0.493 e. The van der Waals surface area contributed by atoms with E-state index < -0.39 is 5.97 Å². The van der Waals surface area contributed by atoms with Gasteiger partial charge in [-0.05, 0) is 23.8 Å². The highest BCUT2D eigenvalue weighted by atomic mass is 35.5. The second-order valence-corrected chi connectivity index (χ2v) is 4.54. The highest BCUT2D eigenvalue weighted by Crippen LogP contribution is 2.27. The third kappa shape index (κ3) is 5.80. The van der Waals surface area contributed by atoms with E-state index >= 15 is 0 Å². The molecule has 0 saturated carbocycles. The van der Waals surface area contributed by atoms with Crippen LogP contribution in [0.1, 0.15) is 25.2 Å². The van der Waals surface area contributed by atoms with Crippen LogP contribution >= 0.6 is 24.8 Å². The fourth-order valence-corrected chi connectivity index (χ4v) is 1.81. The molecule has 0 fully saturated rings. The van der Waals surface area contributed by atoms with Crippen molar-refractivity contribution in [2.45, 2.75) is 20.3 Å². The van der Waals surface area contributed by atoms with Gasteiger partial charge in [-0.25, -0.2) is 10.1 Å². The molecular formula is C14H20Cl2N6O3. The number of ether oxygens (including phenoxy) is 2. The molecule has 0 aliphatic heterocycles. The van der Waals surface area contributed by atoms with Crippen LogP contribution in [0.15, 0.2) is 23.3 Å². The summed E-state index contributed by atoms with van der Waals surface area (Å²) in [5, 5.41) is 11.8. The quantitative estimate of drug-likeness (QED) is 0.253. The van der Waals surface area contributed by atoms with Gasteiger partial charge in [-0.1, -0.05) is 6.92 Å². The molecule has 25 heavy (non-hydrogen) atoms. The number of anilines is 1. The normalized spacial score (nSPS) is 9.88. The lowest BCUT2D eigenvalue weighted by Gasteiger charge is -2.08. The highest BCUT2D eigenvalue weighted by Gasteiger charge is 2.08. The molecule has 11 heteroatoms. The van der Waals surface area contributed by atoms with Crippen molar-refractivity contribution in [2.75, 3.05) is 18.4 Å². The Morgan fingerprint density at radius 1 is 1.36 bits per heavy atom. The lowest BCUT2D eigenvalue weighted by Crippen LogP contribution is -2.14. The van der Waals surface area contributed by atoms with Crippen LogP contribution in [0.5, 0.6) is 11.5 Å². The molecule has 9 nitrogen and oxygen atoms in total. The number of halogens is 2. The van der Waals surface area contributed by atoms with E-state index in [1.54, 1.807) is 24.4 Å². The van der Waals surface area contributed by atoms with Crippen molar-refractivity contribution in [3.63, 3.8) is 0 Å². The Morgan fingerprint density at radius 3 is 2.64 bits per heavy atom. The number of hydrogen-bond acceptors (Lipinski definition) is 8. The number of nitrogens with two attached hydrogens (primary N) is 1. The molecule has 0 aliphatic carbocycles. The van der Waals surface area contributed by atoms with E-state index in [9.17, 15) is 4.79 Å². The first-order valence-electron chi connectivity index (χ1n) is 6.90. The maximum atomic E-state index is 11.0. The molecule has 0 saturated heterocycles. The summed E-state index contributed by atoms with van der Waals surface area (Å²) in [4.78, 5) is 11.0. The van der Waals surface area contributed by atoms with Crippen LogP contribution in [0.3, 0.4) is 0 Å². The fraction of sp³-hybridized carbons (Fsp3) is 0.286. The monoisotopic (exact) mass is 390 g/mol. The van der Waals surface area contributed by atoms with E-state index in [0.717, 1.165) is 5.56 Å². The number of aryl methyl sites for hydroxylation is 1. The molecule has 1 aromatic carbocycles. The molecule has 2 rings (SSSR count). The molecule has 0 spiro atoms. The van der Waals surface area contributed by atoms with Crippen molar-refractivity contribution in [1.29, 1.82) is 0 Å². The molecular weight excluding hydrogens is 371 g/mol. The molecule has 0 unspecified atom stereocenters. The Bertz CT molecular complexity index is 735. The van der Waals surface area contributed by atoms with Crippen molar-refractivity contribution < 1.29 is 14.3 Å². The number of hydrazone groups is 1. The number of benzene rings is 1. The van der Waals surface area contributed by atoms with E-state index in [2.05, 4.69) is 20.7 Å². The number of aromatic nitrogens is 3. The minimum absolute atomic E-state index is 0. The lowest BCUT2D eigenvalue weighted by atomic mass is 10.2. The maximum absolute atomic E-state index is 11.0. The van der Waals surface area contributed by atoms with E-state index in [4.69, 9.17) is 15.3 Å². The number of nitrogens with one attached hydrogen (secondary N) is 1. The Hall–Kier alpha value is -2.52. The lowest BCUT2D eigenvalue weighted by molar-refractivity contribution is -0.132. The van der Waals surface area contributed by atoms with Gasteiger partial charge in [0.2, 0.25) is 0 Å². The Morgan fingerprint density at radius 2 is 2.08 bits per heavy atom. The molecule has 0 atom stereocenters. The van der Waals surface area contributed by atoms with Crippen molar-refractivity contribution >= 4 is 42.9 Å². The van der Waals surface area contributed by atoms with Gasteiger partial charge in [0.25, 0.3) is 5.95 Å². The third-order valence-corrected chi connectivity index (χ3v) is 2.90. The molecule has 1 aromatic heterocycles. The number of esters is 1. The van der Waals surface area contributed by atoms with E-state index in [1.807, 2.05) is 6.92 Å². The van der Waals surface area contributed by atoms with Gasteiger partial charge in [0.15, 0.2) is 17.3 Å². The number of rotatable bonds is 6. The first-order chi connectivity index (χ1) is 11.0. The molecule has 0 amide bonds. The zero-order valence-corrected chi connectivity index (χ0v) is 15.6. The van der Waals surface area contributed by atoms with E-state index in [-0.39, 0.29) is 24.8 Å². The largest absolute Gasteiger partial charge is 0.493 e. The van der Waals surface area contributed by atoms with Gasteiger partial charge >= 0.3 is 5.97 Å². The molecule has 138 valence electrons. The summed E-state index contributed by atoms with van der Waals surface area (Å²) in [7, 11) is 1.49. The fourth-order valence-electron chi connectivity index (χ4n) is 1.81. The minimum atomic E-state index is -0.416. The van der Waals surface area contributed by atoms with Gasteiger partial charge in [0.05, 0.1) is 13.3 Å². The number of hydrogen-bond donors (Lipinski definition) is 2. The van der Waals surface area contributed by atoms with Crippen LogP contribution in [0.4, 0.5) is 5.95 Å². The SMILES string of the molecule is CCc1nnc(N/N=C\c2ccc(OC(C)=O)c(OC)c2)n1N.Cl.Cl. The van der Waals surface area contributed by atoms with Gasteiger partial charge in [0.1, 0.15) is 0 Å². The standard InChI is InChI=1S/C14H18N6O3.2ClH/c1-4-13-17-19-14(20(13)15)18-16-8-10-5-6-11(23-9(2)21)12(7-10)22-3;;/h5-8H,4,15H2,1-3H3,(H,18,19);2*1H/b16-8-;;. The van der Waals surface area contributed by atoms with Crippen molar-refractivity contribution in [3.05, 3.63) is 29.6 Å². The zero-order chi connectivity index (χ0) is 16.8. The molecule has 0 bridgehead atoms. The number of carbonyl (C=O) groups excluding carboxylic acids is 1. The van der Waals surface area contributed by atoms with Gasteiger partial charge < -0.3 is 15.3 Å². The summed E-state index contributed by atoms with van der Waals surface area (Å²) in [6, 6.07) is 5.05. The summed E-state index contributed by atoms with van der Waals surface area (Å²) in [5.41, 5.74) is 3.45. The molecule has 0 aliphatic rings. The van der Waals surface area contributed by atoms with Crippen LogP contribution < -0.4 is 20.7 Å². The van der Waals surface area contributed by atoms with E-state index in [1.165, 1.54) is 18.7 Å². The molecule has 1 heterocycles. The average Bonchev–Trinajstić information content (AvgIpc) is 2.88. The second kappa shape index (κ2) is 10.4. The first kappa shape index (κ1) is 22.5. The van der Waals surface area contributed by atoms with Crippen LogP contribution in [-0.4, -0.2) is 34.2 Å². The topological polar surface area (TPSA) is 117 Å². The van der Waals surface area contributed by atoms with Gasteiger partial charge in [-0.3, -0.25) is 4.79 Å². The summed E-state index contributed by atoms with van der Waals surface area (Å²) in [6.45, 7) is 3.25. The predicted octanol–water partition coefficient (Wildman–Crippen LogP) is 1.78. The van der Waals surface area contributed by atoms with E-state index in [0.29, 0.717) is 29.7 Å². The van der Waals surface area contributed by atoms with Crippen LogP contribution in [0.2, 0.25) is 0 Å². The Balaban J connectivity index is 0.00000288. The summed E-state index contributed by atoms with van der Waals surface area (Å²) < 4.78 is 11.6. The van der Waals surface area contributed by atoms with Gasteiger partial charge in [0, 0.05) is 13.3 Å². The highest BCUT2D eigenvalue weighted by molar-refractivity contribution is 5.85. The number of carbonyl (C=O) groups is 1. The zero-order valence-electron chi connectivity index (χ0n) is 13.9. The van der Waals surface area contributed by atoms with Crippen molar-refractivity contribution in [2.24, 2.45) is 5.10 Å². The molecule has 2 aromatic rings. The molecule has 0 radical (unpaired) electrons. The van der Waals surface area contributed by atoms with Gasteiger partial charge in [-0.2, -0.15) is 5.10 Å². The van der Waals surface area contributed by atoms with Crippen LogP contribution in [0, 0.1) is 0 Å². The van der Waals surface area contributed by atoms with Crippen molar-refractivity contribution in [1.82, 2.24) is 14.9 Å². The first-order valence-corrected chi connectivity index (χ1v) is 6.90. The third-order valence-electron chi connectivity index (χ3n) is 2.90. The van der Waals surface area contributed by atoms with Crippen molar-refractivity contribution in [3.8, 4) is 11.5 Å². The molecule has 3 N–H and O–H groups in total. The van der Waals surface area contributed by atoms with Crippen LogP contribution in [-0.2, 0) is 11.2 Å². The predicted molar refractivity (Wildman–Crippen MR) is 99.6 cm³/mol. The number of nitrogens with zero attached hydrogens (tertiary/aromatic N) is 4. The number of nitrogen functional groups attached to an aromatic ring is 1. The summed E-state index contributed by atoms with van der Waals surface area (Å²) >= 11 is 0. The summed E-state index contributed by atoms with van der Waals surface area (Å²) in [5.74, 6) is 7.14. The van der Waals surface area contributed by atoms with Gasteiger partial charge in [-0.15, -0.1) is 35.0 Å². The Kier molecular flexibility index (Phi) is 9.32. The summed E-state index contributed by atoms with van der Waals surface area (Å²) in [6.07, 6.45) is 2.23.